The molecule has 1 heterocycles. The molecule has 0 unspecified atom stereocenters. The number of rotatable bonds is 7. The molecule has 0 radical (unpaired) electrons. The van der Waals surface area contributed by atoms with Gasteiger partial charge in [-0.3, -0.25) is 9.59 Å². The molecule has 1 N–H and O–H groups in total. The lowest BCUT2D eigenvalue weighted by molar-refractivity contribution is -0.119. The van der Waals surface area contributed by atoms with Crippen molar-refractivity contribution in [3.05, 3.63) is 76.1 Å². The number of ether oxygens (including phenoxy) is 1. The van der Waals surface area contributed by atoms with Crippen LogP contribution < -0.4 is 15.6 Å². The normalized spacial score (nSPS) is 13.8. The fraction of sp³-hybridized carbons (Fsp3) is 0.346. The van der Waals surface area contributed by atoms with Crippen LogP contribution in [-0.4, -0.2) is 22.3 Å². The maximum Gasteiger partial charge on any atom is 0.271 e. The van der Waals surface area contributed by atoms with Crippen LogP contribution in [0.1, 0.15) is 50.3 Å². The molecular weight excluding hydrogens is 402 g/mol. The van der Waals surface area contributed by atoms with E-state index in [0.29, 0.717) is 18.7 Å². The van der Waals surface area contributed by atoms with E-state index in [-0.39, 0.29) is 11.5 Å². The maximum absolute atomic E-state index is 13.4. The number of carbonyl (C=O) groups is 1. The van der Waals surface area contributed by atoms with Gasteiger partial charge < -0.3 is 10.1 Å². The Kier molecular flexibility index (Phi) is 6.69. The number of aromatic nitrogens is 2. The topological polar surface area (TPSA) is 73.2 Å². The number of hydrogen-bond acceptors (Lipinski definition) is 4. The Hall–Kier alpha value is -3.41. The van der Waals surface area contributed by atoms with Gasteiger partial charge in [-0.25, -0.2) is 4.68 Å². The van der Waals surface area contributed by atoms with E-state index in [1.54, 1.807) is 12.1 Å². The van der Waals surface area contributed by atoms with Crippen molar-refractivity contribution in [2.75, 3.05) is 11.9 Å². The predicted octanol–water partition coefficient (Wildman–Crippen LogP) is 4.78. The van der Waals surface area contributed by atoms with Crippen molar-refractivity contribution < 1.29 is 9.53 Å². The van der Waals surface area contributed by atoms with E-state index in [9.17, 15) is 9.59 Å². The van der Waals surface area contributed by atoms with Crippen LogP contribution in [0.5, 0.6) is 5.75 Å². The average molecular weight is 432 g/mol. The van der Waals surface area contributed by atoms with E-state index in [2.05, 4.69) is 5.32 Å². The summed E-state index contributed by atoms with van der Waals surface area (Å²) in [5, 5.41) is 7.68. The molecule has 166 valence electrons. The Morgan fingerprint density at radius 1 is 1.03 bits per heavy atom. The summed E-state index contributed by atoms with van der Waals surface area (Å²) in [6.07, 6.45) is 4.07. The van der Waals surface area contributed by atoms with Crippen LogP contribution in [0, 0.1) is 0 Å². The monoisotopic (exact) mass is 431 g/mol. The summed E-state index contributed by atoms with van der Waals surface area (Å²) in [5.74, 6) is 0.499. The minimum Gasteiger partial charge on any atom is -0.494 e. The summed E-state index contributed by atoms with van der Waals surface area (Å²) in [4.78, 5) is 26.6. The van der Waals surface area contributed by atoms with Gasteiger partial charge in [-0.1, -0.05) is 37.3 Å². The van der Waals surface area contributed by atoms with Crippen LogP contribution in [0.25, 0.3) is 11.3 Å². The highest BCUT2D eigenvalue weighted by Crippen LogP contribution is 2.29. The molecule has 6 heteroatoms. The van der Waals surface area contributed by atoms with Crippen LogP contribution in [-0.2, 0) is 17.6 Å². The second-order valence-corrected chi connectivity index (χ2v) is 8.00. The Bertz CT molecular complexity index is 1140. The molecule has 32 heavy (non-hydrogen) atoms. The van der Waals surface area contributed by atoms with Crippen molar-refractivity contribution in [3.63, 3.8) is 0 Å². The minimum absolute atomic E-state index is 0.145. The average Bonchev–Trinajstić information content (AvgIpc) is 2.83. The summed E-state index contributed by atoms with van der Waals surface area (Å²) in [6.45, 7) is 4.41. The van der Waals surface area contributed by atoms with E-state index in [1.165, 1.54) is 4.68 Å². The molecule has 0 saturated carbocycles. The number of nitrogens with one attached hydrogen (secondary N) is 1. The first-order chi connectivity index (χ1) is 15.6. The molecular formula is C26H29N3O3. The van der Waals surface area contributed by atoms with Crippen LogP contribution in [0.2, 0.25) is 0 Å². The van der Waals surface area contributed by atoms with Crippen molar-refractivity contribution >= 4 is 11.6 Å². The van der Waals surface area contributed by atoms with E-state index in [1.807, 2.05) is 56.3 Å². The van der Waals surface area contributed by atoms with Gasteiger partial charge >= 0.3 is 0 Å². The number of fused-ring (bicyclic) bond motifs is 1. The molecule has 0 aliphatic heterocycles. The van der Waals surface area contributed by atoms with Crippen molar-refractivity contribution in [1.82, 2.24) is 9.78 Å². The van der Waals surface area contributed by atoms with E-state index < -0.39 is 6.04 Å². The van der Waals surface area contributed by atoms with Gasteiger partial charge in [0.2, 0.25) is 5.91 Å². The fourth-order valence-corrected chi connectivity index (χ4v) is 4.29. The Morgan fingerprint density at radius 3 is 2.38 bits per heavy atom. The Morgan fingerprint density at radius 2 is 1.72 bits per heavy atom. The number of nitrogens with zero attached hydrogens (tertiary/aromatic N) is 2. The maximum atomic E-state index is 13.4. The summed E-state index contributed by atoms with van der Waals surface area (Å²) in [7, 11) is 0. The largest absolute Gasteiger partial charge is 0.494 e. The van der Waals surface area contributed by atoms with Crippen LogP contribution in [0.15, 0.2) is 59.4 Å². The first-order valence-electron chi connectivity index (χ1n) is 11.4. The number of hydrogen-bond donors (Lipinski definition) is 1. The molecule has 1 aliphatic carbocycles. The zero-order valence-electron chi connectivity index (χ0n) is 18.6. The van der Waals surface area contributed by atoms with Gasteiger partial charge in [-0.05, 0) is 68.9 Å². The summed E-state index contributed by atoms with van der Waals surface area (Å²) >= 11 is 0. The van der Waals surface area contributed by atoms with Crippen molar-refractivity contribution in [3.8, 4) is 17.0 Å². The molecule has 0 fully saturated rings. The quantitative estimate of drug-likeness (QED) is 0.584. The summed E-state index contributed by atoms with van der Waals surface area (Å²) in [5.41, 5.74) is 4.13. The van der Waals surface area contributed by atoms with Crippen molar-refractivity contribution in [2.45, 2.75) is 52.0 Å². The van der Waals surface area contributed by atoms with Crippen molar-refractivity contribution in [1.29, 1.82) is 0 Å². The second kappa shape index (κ2) is 9.81. The first kappa shape index (κ1) is 21.8. The third-order valence-corrected chi connectivity index (χ3v) is 5.89. The predicted molar refractivity (Wildman–Crippen MR) is 126 cm³/mol. The molecule has 1 aromatic heterocycles. The van der Waals surface area contributed by atoms with Crippen LogP contribution >= 0.6 is 0 Å². The van der Waals surface area contributed by atoms with Crippen molar-refractivity contribution in [2.24, 2.45) is 0 Å². The molecule has 6 nitrogen and oxygen atoms in total. The van der Waals surface area contributed by atoms with Gasteiger partial charge in [0.1, 0.15) is 11.8 Å². The number of amides is 1. The van der Waals surface area contributed by atoms with Gasteiger partial charge in [0.05, 0.1) is 12.3 Å². The van der Waals surface area contributed by atoms with E-state index >= 15 is 0 Å². The van der Waals surface area contributed by atoms with Gasteiger partial charge in [0.25, 0.3) is 5.56 Å². The lowest BCUT2D eigenvalue weighted by Gasteiger charge is -2.23. The van der Waals surface area contributed by atoms with Crippen LogP contribution in [0.3, 0.4) is 0 Å². The molecule has 1 aliphatic rings. The van der Waals surface area contributed by atoms with Gasteiger partial charge in [0, 0.05) is 16.8 Å². The minimum atomic E-state index is -0.691. The second-order valence-electron chi connectivity index (χ2n) is 8.00. The SMILES string of the molecule is CCOc1ccc(NC(=O)[C@@H](CC)n2nc(-c3ccccc3)c3c(c2=O)CCCC3)cc1. The first-order valence-corrected chi connectivity index (χ1v) is 11.4. The zero-order chi connectivity index (χ0) is 22.5. The molecule has 3 aromatic rings. The molecule has 1 atom stereocenters. The highest BCUT2D eigenvalue weighted by Gasteiger charge is 2.27. The third kappa shape index (κ3) is 4.44. The lowest BCUT2D eigenvalue weighted by Crippen LogP contribution is -2.38. The standard InChI is InChI=1S/C26H29N3O3/c1-3-23(25(30)27-19-14-16-20(17-15-19)32-4-2)29-26(31)22-13-9-8-12-21(22)24(28-29)18-10-6-5-7-11-18/h5-7,10-11,14-17,23H,3-4,8-9,12-13H2,1-2H3,(H,27,30)/t23-/m1/s1. The number of carbonyl (C=O) groups excluding carboxylic acids is 1. The smallest absolute Gasteiger partial charge is 0.271 e. The lowest BCUT2D eigenvalue weighted by atomic mass is 9.89. The molecule has 4 rings (SSSR count). The Balaban J connectivity index is 1.70. The highest BCUT2D eigenvalue weighted by atomic mass is 16.5. The third-order valence-electron chi connectivity index (χ3n) is 5.89. The Labute approximate surface area is 188 Å². The van der Waals surface area contributed by atoms with Gasteiger partial charge in [-0.15, -0.1) is 0 Å². The van der Waals surface area contributed by atoms with E-state index in [0.717, 1.165) is 53.8 Å². The summed E-state index contributed by atoms with van der Waals surface area (Å²) in [6, 6.07) is 16.5. The zero-order valence-corrected chi connectivity index (χ0v) is 18.6. The molecule has 1 amide bonds. The highest BCUT2D eigenvalue weighted by molar-refractivity contribution is 5.93. The molecule has 0 spiro atoms. The molecule has 2 aromatic carbocycles. The number of benzene rings is 2. The summed E-state index contributed by atoms with van der Waals surface area (Å²) < 4.78 is 6.86. The molecule has 0 saturated heterocycles. The number of anilines is 1. The van der Waals surface area contributed by atoms with Gasteiger partial charge in [-0.2, -0.15) is 5.10 Å². The fourth-order valence-electron chi connectivity index (χ4n) is 4.29. The van der Waals surface area contributed by atoms with Gasteiger partial charge in [0.15, 0.2) is 0 Å². The van der Waals surface area contributed by atoms with Crippen LogP contribution in [0.4, 0.5) is 5.69 Å². The molecule has 0 bridgehead atoms. The van der Waals surface area contributed by atoms with E-state index in [4.69, 9.17) is 9.84 Å².